The molecule has 0 saturated carbocycles. The van der Waals surface area contributed by atoms with Crippen LogP contribution in [0.5, 0.6) is 5.75 Å². The van der Waals surface area contributed by atoms with Gasteiger partial charge in [-0.3, -0.25) is 0 Å². The molecule has 1 aromatic carbocycles. The Morgan fingerprint density at radius 2 is 2.27 bits per heavy atom. The molecule has 3 rings (SSSR count). The number of urea groups is 1. The molecule has 2 aliphatic heterocycles. The van der Waals surface area contributed by atoms with Crippen molar-refractivity contribution in [2.24, 2.45) is 0 Å². The van der Waals surface area contributed by atoms with Gasteiger partial charge in [-0.15, -0.1) is 0 Å². The predicted molar refractivity (Wildman–Crippen MR) is 87.0 cm³/mol. The van der Waals surface area contributed by atoms with E-state index in [0.717, 1.165) is 56.9 Å². The zero-order valence-electron chi connectivity index (χ0n) is 12.8. The number of hydrogen-bond donors (Lipinski definition) is 2. The summed E-state index contributed by atoms with van der Waals surface area (Å²) in [4.78, 5) is 13.5. The number of hydrogen-bond acceptors (Lipinski definition) is 3. The second-order valence-corrected chi connectivity index (χ2v) is 5.68. The van der Waals surface area contributed by atoms with Crippen LogP contribution in [0.25, 0.3) is 6.08 Å². The minimum Gasteiger partial charge on any atom is -0.484 e. The van der Waals surface area contributed by atoms with E-state index in [9.17, 15) is 4.79 Å². The highest BCUT2D eigenvalue weighted by Crippen LogP contribution is 2.24. The molecule has 5 heteroatoms. The fourth-order valence-electron chi connectivity index (χ4n) is 2.78. The van der Waals surface area contributed by atoms with Crippen LogP contribution < -0.4 is 15.4 Å². The molecule has 0 bridgehead atoms. The summed E-state index contributed by atoms with van der Waals surface area (Å²) in [6.07, 6.45) is 6.28. The number of carbonyl (C=O) groups is 1. The lowest BCUT2D eigenvalue weighted by atomic mass is 10.1. The van der Waals surface area contributed by atoms with Crippen LogP contribution in [-0.4, -0.2) is 49.8 Å². The average Bonchev–Trinajstić information content (AvgIpc) is 2.56. The topological polar surface area (TPSA) is 53.6 Å². The number of ether oxygens (including phenoxy) is 1. The van der Waals surface area contributed by atoms with Crippen molar-refractivity contribution in [3.8, 4) is 5.75 Å². The van der Waals surface area contributed by atoms with Gasteiger partial charge in [0, 0.05) is 31.7 Å². The highest BCUT2D eigenvalue weighted by atomic mass is 16.5. The molecule has 1 atom stereocenters. The standard InChI is InChI=1S/C17H23N3O2/c21-17-19-10-4-12-20(17)11-3-9-18-13-15-8-7-14-5-1-2-6-16(14)22-15/h1-2,5-8,15,18H,3-4,9-13H2,(H,19,21). The lowest BCUT2D eigenvalue weighted by Gasteiger charge is -2.27. The molecular formula is C17H23N3O2. The second kappa shape index (κ2) is 7.31. The first-order valence-corrected chi connectivity index (χ1v) is 8.00. The third-order valence-electron chi connectivity index (χ3n) is 3.98. The number of nitrogens with one attached hydrogen (secondary N) is 2. The summed E-state index contributed by atoms with van der Waals surface area (Å²) in [5.41, 5.74) is 1.13. The Hall–Kier alpha value is -2.01. The number of amides is 2. The maximum Gasteiger partial charge on any atom is 0.317 e. The highest BCUT2D eigenvalue weighted by Gasteiger charge is 2.16. The molecule has 2 heterocycles. The Labute approximate surface area is 131 Å². The summed E-state index contributed by atoms with van der Waals surface area (Å²) in [5, 5.41) is 6.28. The monoisotopic (exact) mass is 301 g/mol. The van der Waals surface area contributed by atoms with E-state index in [4.69, 9.17) is 4.74 Å². The van der Waals surface area contributed by atoms with Crippen LogP contribution in [0, 0.1) is 0 Å². The fourth-order valence-corrected chi connectivity index (χ4v) is 2.78. The van der Waals surface area contributed by atoms with Gasteiger partial charge in [-0.2, -0.15) is 0 Å². The van der Waals surface area contributed by atoms with E-state index < -0.39 is 0 Å². The Bertz CT molecular complexity index is 544. The van der Waals surface area contributed by atoms with Gasteiger partial charge >= 0.3 is 6.03 Å². The number of para-hydroxylation sites is 1. The fraction of sp³-hybridized carbons (Fsp3) is 0.471. The zero-order valence-corrected chi connectivity index (χ0v) is 12.8. The van der Waals surface area contributed by atoms with E-state index in [1.807, 2.05) is 23.1 Å². The Morgan fingerprint density at radius 3 is 3.18 bits per heavy atom. The number of benzene rings is 1. The van der Waals surface area contributed by atoms with Crippen molar-refractivity contribution < 1.29 is 9.53 Å². The lowest BCUT2D eigenvalue weighted by molar-refractivity contribution is 0.185. The van der Waals surface area contributed by atoms with Gasteiger partial charge in [0.25, 0.3) is 0 Å². The van der Waals surface area contributed by atoms with E-state index in [0.29, 0.717) is 0 Å². The summed E-state index contributed by atoms with van der Waals surface area (Å²) in [6.45, 7) is 4.16. The summed E-state index contributed by atoms with van der Waals surface area (Å²) in [7, 11) is 0. The average molecular weight is 301 g/mol. The van der Waals surface area contributed by atoms with Gasteiger partial charge in [0.15, 0.2) is 0 Å². The lowest BCUT2D eigenvalue weighted by Crippen LogP contribution is -2.47. The Morgan fingerprint density at radius 1 is 1.36 bits per heavy atom. The maximum absolute atomic E-state index is 11.6. The number of nitrogens with zero attached hydrogens (tertiary/aromatic N) is 1. The first kappa shape index (κ1) is 14.9. The molecule has 0 spiro atoms. The van der Waals surface area contributed by atoms with E-state index in [1.54, 1.807) is 0 Å². The predicted octanol–water partition coefficient (Wildman–Crippen LogP) is 1.86. The summed E-state index contributed by atoms with van der Waals surface area (Å²) < 4.78 is 5.92. The zero-order chi connectivity index (χ0) is 15.2. The largest absolute Gasteiger partial charge is 0.484 e. The maximum atomic E-state index is 11.6. The van der Waals surface area contributed by atoms with Crippen molar-refractivity contribution in [3.05, 3.63) is 35.9 Å². The van der Waals surface area contributed by atoms with Gasteiger partial charge in [-0.1, -0.05) is 24.3 Å². The SMILES string of the molecule is O=C1NCCCN1CCCNCC1C=Cc2ccccc2O1. The summed E-state index contributed by atoms with van der Waals surface area (Å²) in [6, 6.07) is 8.13. The van der Waals surface area contributed by atoms with Crippen molar-refractivity contribution in [1.82, 2.24) is 15.5 Å². The summed E-state index contributed by atoms with van der Waals surface area (Å²) >= 11 is 0. The Kier molecular flexibility index (Phi) is 4.96. The first-order chi connectivity index (χ1) is 10.8. The third-order valence-corrected chi connectivity index (χ3v) is 3.98. The minimum absolute atomic E-state index is 0.0707. The second-order valence-electron chi connectivity index (χ2n) is 5.68. The number of rotatable bonds is 6. The van der Waals surface area contributed by atoms with Crippen LogP contribution in [0.4, 0.5) is 4.79 Å². The quantitative estimate of drug-likeness (QED) is 0.789. The van der Waals surface area contributed by atoms with Gasteiger partial charge in [-0.05, 0) is 31.5 Å². The molecule has 2 aliphatic rings. The third kappa shape index (κ3) is 3.80. The molecule has 118 valence electrons. The van der Waals surface area contributed by atoms with Gasteiger partial charge in [-0.25, -0.2) is 4.79 Å². The normalized spacial score (nSPS) is 20.3. The Balaban J connectivity index is 1.34. The molecule has 0 radical (unpaired) electrons. The molecule has 0 aromatic heterocycles. The van der Waals surface area contributed by atoms with Crippen LogP contribution in [0.15, 0.2) is 30.3 Å². The van der Waals surface area contributed by atoms with Crippen LogP contribution in [-0.2, 0) is 0 Å². The smallest absolute Gasteiger partial charge is 0.317 e. The molecule has 2 amide bonds. The van der Waals surface area contributed by atoms with Crippen molar-refractivity contribution >= 4 is 12.1 Å². The van der Waals surface area contributed by atoms with Crippen LogP contribution in [0.2, 0.25) is 0 Å². The molecular weight excluding hydrogens is 278 g/mol. The van der Waals surface area contributed by atoms with E-state index in [1.165, 1.54) is 0 Å². The van der Waals surface area contributed by atoms with Crippen molar-refractivity contribution in [1.29, 1.82) is 0 Å². The first-order valence-electron chi connectivity index (χ1n) is 8.00. The van der Waals surface area contributed by atoms with E-state index in [2.05, 4.69) is 28.9 Å². The van der Waals surface area contributed by atoms with Crippen molar-refractivity contribution in [2.75, 3.05) is 32.7 Å². The van der Waals surface area contributed by atoms with Crippen molar-refractivity contribution in [2.45, 2.75) is 18.9 Å². The van der Waals surface area contributed by atoms with Crippen LogP contribution in [0.3, 0.4) is 0 Å². The molecule has 1 unspecified atom stereocenters. The highest BCUT2D eigenvalue weighted by molar-refractivity contribution is 5.74. The molecule has 22 heavy (non-hydrogen) atoms. The molecule has 0 aliphatic carbocycles. The van der Waals surface area contributed by atoms with E-state index >= 15 is 0 Å². The van der Waals surface area contributed by atoms with Gasteiger partial charge in [0.05, 0.1) is 0 Å². The van der Waals surface area contributed by atoms with Crippen molar-refractivity contribution in [3.63, 3.8) is 0 Å². The van der Waals surface area contributed by atoms with Gasteiger partial charge < -0.3 is 20.3 Å². The number of carbonyl (C=O) groups excluding carboxylic acids is 1. The van der Waals surface area contributed by atoms with Crippen LogP contribution in [0.1, 0.15) is 18.4 Å². The molecule has 5 nitrogen and oxygen atoms in total. The minimum atomic E-state index is 0.0707. The summed E-state index contributed by atoms with van der Waals surface area (Å²) in [5.74, 6) is 0.946. The number of fused-ring (bicyclic) bond motifs is 1. The van der Waals surface area contributed by atoms with Gasteiger partial charge in [0.2, 0.25) is 0 Å². The molecule has 2 N–H and O–H groups in total. The molecule has 1 saturated heterocycles. The molecule has 1 fully saturated rings. The van der Waals surface area contributed by atoms with E-state index in [-0.39, 0.29) is 12.1 Å². The van der Waals surface area contributed by atoms with Gasteiger partial charge in [0.1, 0.15) is 11.9 Å². The molecule has 1 aromatic rings. The van der Waals surface area contributed by atoms with Crippen LogP contribution >= 0.6 is 0 Å².